The molecule has 12 aromatic rings. The van der Waals surface area contributed by atoms with Crippen LogP contribution in [0.2, 0.25) is 0 Å². The average Bonchev–Trinajstić information content (AvgIpc) is 0.753. The summed E-state index contributed by atoms with van der Waals surface area (Å²) in [6.45, 7) is 70.5. The molecule has 3 aromatic heterocycles. The summed E-state index contributed by atoms with van der Waals surface area (Å²) in [6, 6.07) is 84.8. The number of hydrogen-bond donors (Lipinski definition) is 0. The number of nitrogens with zero attached hydrogens (tertiary/aromatic N) is 3. The molecule has 0 aliphatic heterocycles. The molecule has 0 bridgehead atoms. The third kappa shape index (κ3) is 18.9. The molecule has 1 saturated carbocycles. The van der Waals surface area contributed by atoms with Crippen molar-refractivity contribution in [3.05, 3.63) is 303 Å². The molecule has 118 heavy (non-hydrogen) atoms. The van der Waals surface area contributed by atoms with Gasteiger partial charge in [0.25, 0.3) is 0 Å². The second-order valence-electron chi connectivity index (χ2n) is 45.2. The van der Waals surface area contributed by atoms with Crippen LogP contribution in [0.5, 0.6) is 0 Å². The van der Waals surface area contributed by atoms with Crippen molar-refractivity contribution in [3.63, 3.8) is 0 Å². The van der Waals surface area contributed by atoms with Gasteiger partial charge in [-0.15, -0.1) is 0 Å². The fourth-order valence-corrected chi connectivity index (χ4v) is 17.5. The van der Waals surface area contributed by atoms with Crippen LogP contribution in [0.3, 0.4) is 0 Å². The van der Waals surface area contributed by atoms with E-state index >= 15 is 0 Å². The summed E-state index contributed by atoms with van der Waals surface area (Å²) in [5.74, 6) is 0.348. The van der Waals surface area contributed by atoms with Gasteiger partial charge in [0, 0.05) is 35.3 Å². The Morgan fingerprint density at radius 3 is 0.678 bits per heavy atom. The predicted octanol–water partition coefficient (Wildman–Crippen LogP) is 32.7. The molecule has 0 spiro atoms. The Hall–Kier alpha value is -9.57. The van der Waals surface area contributed by atoms with Gasteiger partial charge in [0.15, 0.2) is 0 Å². The summed E-state index contributed by atoms with van der Waals surface area (Å²) >= 11 is 0. The van der Waals surface area contributed by atoms with Gasteiger partial charge in [0.1, 0.15) is 0 Å². The first kappa shape index (κ1) is 86.3. The predicted molar refractivity (Wildman–Crippen MR) is 511 cm³/mol. The number of hydrogen-bond acceptors (Lipinski definition) is 3. The topological polar surface area (TPSA) is 38.7 Å². The van der Waals surface area contributed by atoms with E-state index in [1.54, 1.807) is 0 Å². The molecule has 9 aromatic carbocycles. The summed E-state index contributed by atoms with van der Waals surface area (Å²) in [5.41, 5.74) is 37.7. The van der Waals surface area contributed by atoms with Gasteiger partial charge in [0.05, 0.1) is 17.1 Å². The molecule has 3 nitrogen and oxygen atoms in total. The fraction of sp³-hybridized carbons (Fsp3) is 0.400. The van der Waals surface area contributed by atoms with Crippen molar-refractivity contribution in [1.82, 2.24) is 15.0 Å². The van der Waals surface area contributed by atoms with Gasteiger partial charge in [-0.1, -0.05) is 365 Å². The van der Waals surface area contributed by atoms with Gasteiger partial charge >= 0.3 is 0 Å². The van der Waals surface area contributed by atoms with Crippen LogP contribution in [0.4, 0.5) is 0 Å². The third-order valence-corrected chi connectivity index (χ3v) is 25.5. The molecular formula is C115H137N3. The highest BCUT2D eigenvalue weighted by Crippen LogP contribution is 2.56. The van der Waals surface area contributed by atoms with E-state index in [9.17, 15) is 0 Å². The summed E-state index contributed by atoms with van der Waals surface area (Å²) in [6.07, 6.45) is 8.87. The lowest BCUT2D eigenvalue weighted by Gasteiger charge is -2.39. The van der Waals surface area contributed by atoms with Crippen molar-refractivity contribution in [2.75, 3.05) is 0 Å². The number of aromatic nitrogens is 3. The Labute approximate surface area is 712 Å². The lowest BCUT2D eigenvalue weighted by atomic mass is 9.65. The zero-order valence-corrected chi connectivity index (χ0v) is 77.6. The molecular weight excluding hydrogens is 1420 g/mol. The van der Waals surface area contributed by atoms with Crippen molar-refractivity contribution in [2.45, 2.75) is 299 Å². The maximum absolute atomic E-state index is 5.19. The van der Waals surface area contributed by atoms with Gasteiger partial charge in [-0.2, -0.15) is 0 Å². The van der Waals surface area contributed by atoms with Crippen LogP contribution in [0.15, 0.2) is 231 Å². The molecule has 2 unspecified atom stereocenters. The van der Waals surface area contributed by atoms with Gasteiger partial charge < -0.3 is 0 Å². The largest absolute Gasteiger partial charge is 0.256 e. The first-order chi connectivity index (χ1) is 54.7. The van der Waals surface area contributed by atoms with Crippen LogP contribution in [0.1, 0.15) is 317 Å². The van der Waals surface area contributed by atoms with Crippen molar-refractivity contribution in [2.24, 2.45) is 0 Å². The molecule has 1 aliphatic rings. The van der Waals surface area contributed by atoms with E-state index < -0.39 is 0 Å². The molecule has 3 heterocycles. The lowest BCUT2D eigenvalue weighted by molar-refractivity contribution is 0.352. The molecule has 0 N–H and O–H groups in total. The second kappa shape index (κ2) is 31.5. The molecule has 13 rings (SSSR count). The Morgan fingerprint density at radius 1 is 0.178 bits per heavy atom. The zero-order valence-electron chi connectivity index (χ0n) is 77.6. The van der Waals surface area contributed by atoms with Gasteiger partial charge in [-0.05, 0) is 285 Å². The molecule has 0 amide bonds. The van der Waals surface area contributed by atoms with Gasteiger partial charge in [0.2, 0.25) is 0 Å². The summed E-state index contributed by atoms with van der Waals surface area (Å²) in [4.78, 5) is 15.5. The van der Waals surface area contributed by atoms with Gasteiger partial charge in [-0.25, -0.2) is 0 Å². The molecule has 0 saturated heterocycles. The van der Waals surface area contributed by atoms with E-state index in [0.29, 0.717) is 0 Å². The van der Waals surface area contributed by atoms with Gasteiger partial charge in [-0.3, -0.25) is 15.0 Å². The minimum absolute atomic E-state index is 0.0520. The van der Waals surface area contributed by atoms with E-state index in [1.807, 2.05) is 18.6 Å². The highest BCUT2D eigenvalue weighted by molar-refractivity contribution is 5.92. The molecule has 1 fully saturated rings. The summed E-state index contributed by atoms with van der Waals surface area (Å²) < 4.78 is 0. The quantitative estimate of drug-likeness (QED) is 0.122. The molecule has 2 atom stereocenters. The maximum atomic E-state index is 5.19. The monoisotopic (exact) mass is 1560 g/mol. The zero-order chi connectivity index (χ0) is 85.7. The van der Waals surface area contributed by atoms with Crippen LogP contribution < -0.4 is 0 Å². The summed E-state index contributed by atoms with van der Waals surface area (Å²) in [7, 11) is 0. The maximum Gasteiger partial charge on any atom is 0.0705 e. The second-order valence-corrected chi connectivity index (χ2v) is 45.2. The van der Waals surface area contributed by atoms with E-state index in [4.69, 9.17) is 15.0 Å². The van der Waals surface area contributed by atoms with Crippen molar-refractivity contribution < 1.29 is 0 Å². The number of pyridine rings is 3. The van der Waals surface area contributed by atoms with Crippen molar-refractivity contribution in [3.8, 4) is 101 Å². The normalized spacial score (nSPS) is 15.7. The minimum Gasteiger partial charge on any atom is -0.256 e. The van der Waals surface area contributed by atoms with Crippen molar-refractivity contribution in [1.29, 1.82) is 0 Å². The number of rotatable bonds is 12. The van der Waals surface area contributed by atoms with E-state index in [0.717, 1.165) is 53.0 Å². The minimum atomic E-state index is -0.150. The van der Waals surface area contributed by atoms with E-state index in [2.05, 4.69) is 420 Å². The van der Waals surface area contributed by atoms with Crippen LogP contribution >= 0.6 is 0 Å². The van der Waals surface area contributed by atoms with Crippen LogP contribution in [0, 0.1) is 0 Å². The molecule has 612 valence electrons. The Balaban J connectivity index is 1.10. The van der Waals surface area contributed by atoms with E-state index in [-0.39, 0.29) is 71.9 Å². The highest BCUT2D eigenvalue weighted by Gasteiger charge is 2.38. The Morgan fingerprint density at radius 2 is 0.415 bits per heavy atom. The Kier molecular flexibility index (Phi) is 23.1. The van der Waals surface area contributed by atoms with Crippen LogP contribution in [0.25, 0.3) is 101 Å². The van der Waals surface area contributed by atoms with Crippen LogP contribution in [-0.4, -0.2) is 15.0 Å². The third-order valence-electron chi connectivity index (χ3n) is 25.5. The number of benzene rings is 9. The molecule has 3 heteroatoms. The average molecular weight is 1560 g/mol. The summed E-state index contributed by atoms with van der Waals surface area (Å²) in [5, 5.41) is 0. The van der Waals surface area contributed by atoms with Crippen molar-refractivity contribution >= 4 is 0 Å². The standard InChI is InChI=1S/C115H137N3/c1-106(2,3)81-42-46-93(102(68-81)98-45-41-74(105-71-84(49-52-118-105)109(10,11)12)64-101(98)80-60-89(114(25,26)27)67-90(61-80)115(28,29)30)77-54-75(91-35-31-33-37-94(91)96-43-39-72(103-69-82(47-50-116-103)107(4,5)6)62-99(96)78-56-85(110(13,14)15)65-86(57-78)111(16,17)18)53-76(55-77)92-36-32-34-38-95(92)97-44-40-73(104-70-83(48-51-117-104)108(7,8)9)63-100(97)79-58-87(112(19,20)21)66-88(59-79)113(22,23)24/h31-52,56-71,75-77H,53-55H2,1-30H3. The van der Waals surface area contributed by atoms with E-state index in [1.165, 1.54) is 139 Å². The first-order valence-corrected chi connectivity index (χ1v) is 43.9. The van der Waals surface area contributed by atoms with Crippen LogP contribution in [-0.2, 0) is 54.1 Å². The highest BCUT2D eigenvalue weighted by atomic mass is 14.7. The Bertz CT molecular complexity index is 5390. The SMILES string of the molecule is CC(C)(C)c1cc(-c2cc(-c3cc(C(C)(C)C)ccn3)ccc2-c2ccccc2C2CC(c3ccccc3-c3ccc(-c4cc(C(C)(C)C)ccn4)cc3-c3cc(C(C)(C)C)cc(C(C)(C)C)c3)CC(c3ccc(C(C)(C)C)cc3-c3ccc(-c4cc(C(C)(C)C)ccn4)cc3-c3cc(C(C)(C)C)cc(C(C)(C)C)c3)C2)cc(C(C)(C)C)c1. The first-order valence-electron chi connectivity index (χ1n) is 43.9. The molecule has 1 aliphatic carbocycles. The fourth-order valence-electron chi connectivity index (χ4n) is 17.5. The lowest BCUT2D eigenvalue weighted by Crippen LogP contribution is -2.22. The smallest absolute Gasteiger partial charge is 0.0705 e. The molecule has 0 radical (unpaired) electrons.